The number of benzene rings is 2. The van der Waals surface area contributed by atoms with Crippen molar-refractivity contribution in [1.29, 1.82) is 0 Å². The Balaban J connectivity index is 1.65. The van der Waals surface area contributed by atoms with Gasteiger partial charge in [-0.15, -0.1) is 0 Å². The molecule has 14 heteroatoms. The molecule has 0 saturated carbocycles. The molecule has 14 nitrogen and oxygen atoms in total. The molecule has 3 unspecified atom stereocenters. The molecule has 1 aromatic heterocycles. The van der Waals surface area contributed by atoms with Gasteiger partial charge >= 0.3 is 0 Å². The van der Waals surface area contributed by atoms with Crippen LogP contribution in [0, 0.1) is 0 Å². The number of fused-ring (bicyclic) bond motifs is 1. The van der Waals surface area contributed by atoms with Crippen molar-refractivity contribution in [2.75, 3.05) is 20.3 Å². The number of methoxy groups -OCH3 is 1. The Morgan fingerprint density at radius 2 is 1.66 bits per heavy atom. The molecule has 5 rings (SSSR count). The van der Waals surface area contributed by atoms with Crippen LogP contribution in [0.4, 0.5) is 0 Å². The van der Waals surface area contributed by atoms with Crippen molar-refractivity contribution in [1.82, 2.24) is 0 Å². The Labute approximate surface area is 231 Å². The zero-order valence-corrected chi connectivity index (χ0v) is 21.6. The number of hydrogen-bond donors (Lipinski definition) is 8. The second-order valence-corrected chi connectivity index (χ2v) is 9.85. The maximum atomic E-state index is 13.2. The van der Waals surface area contributed by atoms with Gasteiger partial charge in [0.1, 0.15) is 77.2 Å². The first-order valence-corrected chi connectivity index (χ1v) is 12.7. The zero-order chi connectivity index (χ0) is 29.6. The van der Waals surface area contributed by atoms with Crippen molar-refractivity contribution in [2.24, 2.45) is 0 Å². The molecule has 8 N–H and O–H groups in total. The fourth-order valence-corrected chi connectivity index (χ4v) is 5.05. The van der Waals surface area contributed by atoms with E-state index in [2.05, 4.69) is 0 Å². The minimum Gasteiger partial charge on any atom is -0.508 e. The van der Waals surface area contributed by atoms with Crippen LogP contribution >= 0.6 is 0 Å². The average Bonchev–Trinajstić information content (AvgIpc) is 2.96. The molecule has 0 spiro atoms. The van der Waals surface area contributed by atoms with Crippen molar-refractivity contribution < 1.29 is 64.2 Å². The molecule has 3 aromatic rings. The highest BCUT2D eigenvalue weighted by Gasteiger charge is 2.49. The summed E-state index contributed by atoms with van der Waals surface area (Å²) in [6.45, 7) is -1.14. The van der Waals surface area contributed by atoms with Crippen LogP contribution in [0.2, 0.25) is 0 Å². The van der Waals surface area contributed by atoms with Gasteiger partial charge in [0.05, 0.1) is 25.9 Å². The van der Waals surface area contributed by atoms with Crippen molar-refractivity contribution in [3.8, 4) is 28.6 Å². The lowest BCUT2D eigenvalue weighted by atomic mass is 9.91. The molecule has 2 aliphatic rings. The molecule has 0 bridgehead atoms. The number of aliphatic hydroxyl groups excluding tert-OH is 6. The zero-order valence-electron chi connectivity index (χ0n) is 21.6. The number of aromatic hydroxyl groups is 2. The predicted molar refractivity (Wildman–Crippen MR) is 137 cm³/mol. The van der Waals surface area contributed by atoms with Crippen LogP contribution in [0.15, 0.2) is 45.6 Å². The van der Waals surface area contributed by atoms with Crippen LogP contribution < -0.4 is 10.2 Å². The molecule has 3 heterocycles. The van der Waals surface area contributed by atoms with Gasteiger partial charge in [0.2, 0.25) is 0 Å². The van der Waals surface area contributed by atoms with E-state index < -0.39 is 79.5 Å². The number of ether oxygens (including phenoxy) is 4. The first kappa shape index (κ1) is 29.2. The van der Waals surface area contributed by atoms with Gasteiger partial charge in [0, 0.05) is 17.7 Å². The van der Waals surface area contributed by atoms with E-state index in [1.807, 2.05) is 0 Å². The van der Waals surface area contributed by atoms with Crippen molar-refractivity contribution in [2.45, 2.75) is 55.1 Å². The average molecular weight is 579 g/mol. The fourth-order valence-electron chi connectivity index (χ4n) is 5.05. The second-order valence-electron chi connectivity index (χ2n) is 9.85. The molecule has 2 fully saturated rings. The third-order valence-corrected chi connectivity index (χ3v) is 7.25. The molecule has 9 atom stereocenters. The third-order valence-electron chi connectivity index (χ3n) is 7.25. The number of aliphatic hydroxyl groups is 6. The topological polar surface area (TPSA) is 229 Å². The van der Waals surface area contributed by atoms with Crippen LogP contribution in [0.3, 0.4) is 0 Å². The van der Waals surface area contributed by atoms with Gasteiger partial charge in [-0.1, -0.05) is 0 Å². The summed E-state index contributed by atoms with van der Waals surface area (Å²) in [6, 6.07) is 8.06. The summed E-state index contributed by atoms with van der Waals surface area (Å²) in [7, 11) is 1.27. The highest BCUT2D eigenvalue weighted by atomic mass is 16.7. The van der Waals surface area contributed by atoms with Crippen LogP contribution in [-0.4, -0.2) is 110 Å². The van der Waals surface area contributed by atoms with Crippen LogP contribution in [0.1, 0.15) is 11.7 Å². The molecular formula is C27H30O14. The summed E-state index contributed by atoms with van der Waals surface area (Å²) < 4.78 is 28.6. The molecule has 0 amide bonds. The molecule has 2 aromatic carbocycles. The maximum absolute atomic E-state index is 13.2. The minimum absolute atomic E-state index is 0.00133. The van der Waals surface area contributed by atoms with Gasteiger partial charge in [0.15, 0.2) is 17.3 Å². The second kappa shape index (κ2) is 11.5. The minimum atomic E-state index is -1.84. The first-order chi connectivity index (χ1) is 19.5. The summed E-state index contributed by atoms with van der Waals surface area (Å²) in [5.41, 5.74) is -0.435. The molecule has 2 saturated heterocycles. The van der Waals surface area contributed by atoms with Gasteiger partial charge in [-0.3, -0.25) is 4.79 Å². The Morgan fingerprint density at radius 3 is 2.32 bits per heavy atom. The monoisotopic (exact) mass is 578 g/mol. The van der Waals surface area contributed by atoms with E-state index in [0.29, 0.717) is 5.56 Å². The van der Waals surface area contributed by atoms with Gasteiger partial charge in [-0.2, -0.15) is 0 Å². The standard InChI is InChI=1S/C27H30O14/c1-37-16-7-13(31)18-12(30)6-15(10-2-4-11(29)5-3-10)39-24(18)19(16)25-26(20(33)14(32)9-38-25)41-27-23(36)22(35)21(34)17(8-28)40-27/h2-7,14,17,20-23,25-29,31-36H,8-9H2,1H3/t14-,17?,20-,21+,22-,23?,25-,26?,27-/m0/s1. The maximum Gasteiger partial charge on any atom is 0.197 e. The summed E-state index contributed by atoms with van der Waals surface area (Å²) in [4.78, 5) is 13.2. The Bertz CT molecular complexity index is 1440. The van der Waals surface area contributed by atoms with Gasteiger partial charge in [-0.25, -0.2) is 0 Å². The van der Waals surface area contributed by atoms with Crippen LogP contribution in [0.25, 0.3) is 22.3 Å². The van der Waals surface area contributed by atoms with Gasteiger partial charge in [0.25, 0.3) is 0 Å². The highest BCUT2D eigenvalue weighted by molar-refractivity contribution is 5.89. The number of rotatable bonds is 6. The molecule has 2 aliphatic heterocycles. The van der Waals surface area contributed by atoms with E-state index in [1.54, 1.807) is 0 Å². The number of phenols is 2. The third kappa shape index (κ3) is 5.25. The van der Waals surface area contributed by atoms with Crippen LogP contribution in [0.5, 0.6) is 17.2 Å². The van der Waals surface area contributed by atoms with Crippen LogP contribution in [-0.2, 0) is 14.2 Å². The van der Waals surface area contributed by atoms with Crippen molar-refractivity contribution in [3.63, 3.8) is 0 Å². The van der Waals surface area contributed by atoms with E-state index in [9.17, 15) is 45.6 Å². The largest absolute Gasteiger partial charge is 0.508 e. The Kier molecular flexibility index (Phi) is 8.20. The van der Waals surface area contributed by atoms with E-state index in [4.69, 9.17) is 23.4 Å². The summed E-state index contributed by atoms with van der Waals surface area (Å²) in [5.74, 6) is -0.487. The first-order valence-electron chi connectivity index (χ1n) is 12.7. The lowest BCUT2D eigenvalue weighted by Crippen LogP contribution is -2.61. The Morgan fingerprint density at radius 1 is 0.951 bits per heavy atom. The van der Waals surface area contributed by atoms with E-state index >= 15 is 0 Å². The molecule has 41 heavy (non-hydrogen) atoms. The summed E-state index contributed by atoms with van der Waals surface area (Å²) in [6.07, 6.45) is -14.4. The lowest BCUT2D eigenvalue weighted by molar-refractivity contribution is -0.336. The number of phenolic OH excluding ortho intramolecular Hbond substituents is 2. The lowest BCUT2D eigenvalue weighted by Gasteiger charge is -2.44. The smallest absolute Gasteiger partial charge is 0.197 e. The van der Waals surface area contributed by atoms with E-state index in [0.717, 1.165) is 12.1 Å². The summed E-state index contributed by atoms with van der Waals surface area (Å²) in [5, 5.41) is 81.9. The molecule has 0 aliphatic carbocycles. The van der Waals surface area contributed by atoms with E-state index in [-0.39, 0.29) is 33.8 Å². The van der Waals surface area contributed by atoms with Crippen molar-refractivity contribution in [3.05, 3.63) is 52.2 Å². The summed E-state index contributed by atoms with van der Waals surface area (Å²) >= 11 is 0. The molecule has 0 radical (unpaired) electrons. The molecular weight excluding hydrogens is 548 g/mol. The normalized spacial score (nSPS) is 32.2. The molecule has 222 valence electrons. The predicted octanol–water partition coefficient (Wildman–Crippen LogP) is -1.14. The Hall–Kier alpha value is -3.31. The number of hydrogen-bond acceptors (Lipinski definition) is 14. The van der Waals surface area contributed by atoms with E-state index in [1.165, 1.54) is 31.4 Å². The highest BCUT2D eigenvalue weighted by Crippen LogP contribution is 2.44. The van der Waals surface area contributed by atoms with Crippen molar-refractivity contribution >= 4 is 11.0 Å². The van der Waals surface area contributed by atoms with Gasteiger partial charge in [-0.05, 0) is 24.3 Å². The SMILES string of the molecule is COc1cc(O)c2c(=O)cc(-c3ccc(O)cc3)oc2c1[C@@H]1OC[C@H](O)[C@H](O)C1O[C@@H]1OC(CO)[C@@H](O)[C@H](O)C1O. The quantitative estimate of drug-likeness (QED) is 0.173. The fraction of sp³-hybridized carbons (Fsp3) is 0.444. The van der Waals surface area contributed by atoms with Gasteiger partial charge < -0.3 is 64.2 Å².